The number of rotatable bonds is 7. The molecule has 0 unspecified atom stereocenters. The number of aromatic nitrogens is 4. The Kier molecular flexibility index (Phi) is 6.06. The number of nitrogens with one attached hydrogen (secondary N) is 1. The standard InChI is InChI=1S/C21H14ClN5O4S/c22-14-8-6-13(7-9-14)19-23-21(25-24-19)32-18(20(28)29)12-16-5-2-10-26(16)15-3-1-4-17(11-15)27(30)31/h1-12H,(H,28,29)(H,23,24,25)/b18-12-. The highest BCUT2D eigenvalue weighted by molar-refractivity contribution is 8.04. The summed E-state index contributed by atoms with van der Waals surface area (Å²) in [6.07, 6.45) is 3.16. The number of non-ortho nitro benzene ring substituents is 1. The molecule has 2 heterocycles. The van der Waals surface area contributed by atoms with Crippen molar-refractivity contribution in [3.63, 3.8) is 0 Å². The van der Waals surface area contributed by atoms with Crippen LogP contribution in [0, 0.1) is 10.1 Å². The van der Waals surface area contributed by atoms with Crippen molar-refractivity contribution in [2.45, 2.75) is 5.16 Å². The fourth-order valence-corrected chi connectivity index (χ4v) is 3.72. The molecule has 0 aliphatic rings. The summed E-state index contributed by atoms with van der Waals surface area (Å²) in [6.45, 7) is 0. The molecule has 9 nitrogen and oxygen atoms in total. The Labute approximate surface area is 190 Å². The Morgan fingerprint density at radius 2 is 1.97 bits per heavy atom. The maximum Gasteiger partial charge on any atom is 0.342 e. The Balaban J connectivity index is 1.63. The van der Waals surface area contributed by atoms with Crippen molar-refractivity contribution in [1.29, 1.82) is 0 Å². The molecule has 11 heteroatoms. The average molecular weight is 468 g/mol. The second kappa shape index (κ2) is 9.08. The van der Waals surface area contributed by atoms with Crippen molar-refractivity contribution in [3.05, 3.63) is 92.6 Å². The minimum absolute atomic E-state index is 0.0166. The van der Waals surface area contributed by atoms with Gasteiger partial charge < -0.3 is 9.67 Å². The van der Waals surface area contributed by atoms with Crippen LogP contribution in [-0.4, -0.2) is 35.7 Å². The molecule has 0 spiro atoms. The maximum atomic E-state index is 11.9. The first-order valence-corrected chi connectivity index (χ1v) is 10.3. The number of nitro benzene ring substituents is 1. The Morgan fingerprint density at radius 3 is 2.69 bits per heavy atom. The number of halogens is 1. The number of carboxylic acid groups (broad SMARTS) is 1. The highest BCUT2D eigenvalue weighted by Gasteiger charge is 2.16. The van der Waals surface area contributed by atoms with E-state index in [0.717, 1.165) is 17.3 Å². The summed E-state index contributed by atoms with van der Waals surface area (Å²) in [4.78, 5) is 26.8. The van der Waals surface area contributed by atoms with Gasteiger partial charge in [0, 0.05) is 34.6 Å². The van der Waals surface area contributed by atoms with Crippen LogP contribution in [0.2, 0.25) is 5.02 Å². The molecule has 0 amide bonds. The van der Waals surface area contributed by atoms with E-state index in [1.165, 1.54) is 18.2 Å². The second-order valence-electron chi connectivity index (χ2n) is 6.47. The van der Waals surface area contributed by atoms with Crippen molar-refractivity contribution in [2.24, 2.45) is 0 Å². The van der Waals surface area contributed by atoms with Gasteiger partial charge in [-0.1, -0.05) is 17.7 Å². The van der Waals surface area contributed by atoms with Gasteiger partial charge in [-0.3, -0.25) is 15.2 Å². The van der Waals surface area contributed by atoms with E-state index in [-0.39, 0.29) is 15.7 Å². The Morgan fingerprint density at radius 1 is 1.19 bits per heavy atom. The van der Waals surface area contributed by atoms with Gasteiger partial charge in [-0.25, -0.2) is 9.78 Å². The first kappa shape index (κ1) is 21.3. The smallest absolute Gasteiger partial charge is 0.342 e. The van der Waals surface area contributed by atoms with Gasteiger partial charge in [0.05, 0.1) is 10.6 Å². The molecule has 0 fully saturated rings. The van der Waals surface area contributed by atoms with Crippen LogP contribution in [0.1, 0.15) is 5.69 Å². The van der Waals surface area contributed by atoms with E-state index in [9.17, 15) is 20.0 Å². The first-order chi connectivity index (χ1) is 15.4. The number of hydrogen-bond acceptors (Lipinski definition) is 6. The number of thioether (sulfide) groups is 1. The summed E-state index contributed by atoms with van der Waals surface area (Å²) in [5.74, 6) is -0.673. The van der Waals surface area contributed by atoms with Crippen molar-refractivity contribution in [3.8, 4) is 17.1 Å². The van der Waals surface area contributed by atoms with Crippen LogP contribution < -0.4 is 0 Å². The minimum atomic E-state index is -1.15. The fraction of sp³-hybridized carbons (Fsp3) is 0. The molecule has 160 valence electrons. The van der Waals surface area contributed by atoms with Crippen LogP contribution in [0.15, 0.2) is 76.9 Å². The summed E-state index contributed by atoms with van der Waals surface area (Å²) in [5, 5.41) is 28.5. The van der Waals surface area contributed by atoms with Crippen LogP contribution in [0.5, 0.6) is 0 Å². The SMILES string of the molecule is O=C(O)/C(=C/c1cccn1-c1cccc([N+](=O)[O-])c1)Sc1n[nH]c(-c2ccc(Cl)cc2)n1. The van der Waals surface area contributed by atoms with Gasteiger partial charge in [0.2, 0.25) is 5.16 Å². The first-order valence-electron chi connectivity index (χ1n) is 9.14. The minimum Gasteiger partial charge on any atom is -0.477 e. The van der Waals surface area contributed by atoms with E-state index in [4.69, 9.17) is 11.6 Å². The number of benzene rings is 2. The van der Waals surface area contributed by atoms with Crippen molar-refractivity contribution >= 4 is 41.1 Å². The summed E-state index contributed by atoms with van der Waals surface area (Å²) in [6, 6.07) is 16.5. The lowest BCUT2D eigenvalue weighted by atomic mass is 10.2. The van der Waals surface area contributed by atoms with Crippen LogP contribution in [0.3, 0.4) is 0 Å². The van der Waals surface area contributed by atoms with Crippen LogP contribution in [0.4, 0.5) is 5.69 Å². The summed E-state index contributed by atoms with van der Waals surface area (Å²) in [5.41, 5.74) is 1.76. The molecule has 4 rings (SSSR count). The lowest BCUT2D eigenvalue weighted by molar-refractivity contribution is -0.384. The summed E-state index contributed by atoms with van der Waals surface area (Å²) >= 11 is 6.78. The lowest BCUT2D eigenvalue weighted by Crippen LogP contribution is -2.00. The van der Waals surface area contributed by atoms with Crippen LogP contribution >= 0.6 is 23.4 Å². The third-order valence-corrected chi connectivity index (χ3v) is 5.50. The second-order valence-corrected chi connectivity index (χ2v) is 7.91. The quantitative estimate of drug-likeness (QED) is 0.168. The molecule has 0 atom stereocenters. The molecule has 0 saturated carbocycles. The van der Waals surface area contributed by atoms with Crippen molar-refractivity contribution in [1.82, 2.24) is 19.7 Å². The monoisotopic (exact) mass is 467 g/mol. The van der Waals surface area contributed by atoms with Crippen LogP contribution in [0.25, 0.3) is 23.2 Å². The molecular weight excluding hydrogens is 454 g/mol. The van der Waals surface area contributed by atoms with E-state index in [1.54, 1.807) is 59.3 Å². The normalized spacial score (nSPS) is 11.5. The van der Waals surface area contributed by atoms with Gasteiger partial charge in [0.1, 0.15) is 4.91 Å². The zero-order chi connectivity index (χ0) is 22.7. The van der Waals surface area contributed by atoms with E-state index in [1.807, 2.05) is 0 Å². The van der Waals surface area contributed by atoms with Gasteiger partial charge in [-0.2, -0.15) is 0 Å². The van der Waals surface area contributed by atoms with Gasteiger partial charge in [0.15, 0.2) is 5.82 Å². The summed E-state index contributed by atoms with van der Waals surface area (Å²) in [7, 11) is 0. The summed E-state index contributed by atoms with van der Waals surface area (Å²) < 4.78 is 1.66. The van der Waals surface area contributed by atoms with Gasteiger partial charge in [-0.05, 0) is 60.3 Å². The Bertz CT molecular complexity index is 1330. The average Bonchev–Trinajstić information content (AvgIpc) is 3.43. The molecule has 0 radical (unpaired) electrons. The third-order valence-electron chi connectivity index (χ3n) is 4.37. The number of nitro groups is 1. The van der Waals surface area contributed by atoms with E-state index >= 15 is 0 Å². The molecular formula is C21H14ClN5O4S. The largest absolute Gasteiger partial charge is 0.477 e. The van der Waals surface area contributed by atoms with E-state index in [2.05, 4.69) is 15.2 Å². The molecule has 0 aliphatic carbocycles. The van der Waals surface area contributed by atoms with Crippen LogP contribution in [-0.2, 0) is 4.79 Å². The molecule has 0 aliphatic heterocycles. The molecule has 4 aromatic rings. The van der Waals surface area contributed by atoms with E-state index in [0.29, 0.717) is 22.2 Å². The number of H-pyrrole nitrogens is 1. The van der Waals surface area contributed by atoms with Gasteiger partial charge in [0.25, 0.3) is 5.69 Å². The number of nitrogens with zero attached hydrogens (tertiary/aromatic N) is 4. The molecule has 2 N–H and O–H groups in total. The third kappa shape index (κ3) is 4.71. The molecule has 0 bridgehead atoms. The molecule has 2 aromatic heterocycles. The topological polar surface area (TPSA) is 127 Å². The number of aromatic amines is 1. The number of hydrogen-bond donors (Lipinski definition) is 2. The zero-order valence-electron chi connectivity index (χ0n) is 16.2. The molecule has 2 aromatic carbocycles. The molecule has 0 saturated heterocycles. The van der Waals surface area contributed by atoms with Gasteiger partial charge in [-0.15, -0.1) is 5.10 Å². The number of carboxylic acids is 1. The maximum absolute atomic E-state index is 11.9. The highest BCUT2D eigenvalue weighted by Crippen LogP contribution is 2.29. The Hall–Kier alpha value is -3.89. The fourth-order valence-electron chi connectivity index (χ4n) is 2.90. The lowest BCUT2D eigenvalue weighted by Gasteiger charge is -2.07. The predicted octanol–water partition coefficient (Wildman–Crippen LogP) is 5.04. The zero-order valence-corrected chi connectivity index (χ0v) is 17.7. The van der Waals surface area contributed by atoms with Gasteiger partial charge >= 0.3 is 5.97 Å². The molecule has 32 heavy (non-hydrogen) atoms. The van der Waals surface area contributed by atoms with E-state index < -0.39 is 10.9 Å². The predicted molar refractivity (Wildman–Crippen MR) is 121 cm³/mol. The highest BCUT2D eigenvalue weighted by atomic mass is 35.5. The van der Waals surface area contributed by atoms with Crippen molar-refractivity contribution < 1.29 is 14.8 Å². The number of carbonyl (C=O) groups is 1. The van der Waals surface area contributed by atoms with Crippen molar-refractivity contribution in [2.75, 3.05) is 0 Å². The number of aliphatic carboxylic acids is 1.